The first kappa shape index (κ1) is 20.0. The summed E-state index contributed by atoms with van der Waals surface area (Å²) < 4.78 is 11.1. The zero-order valence-corrected chi connectivity index (χ0v) is 17.7. The first-order chi connectivity index (χ1) is 14.1. The summed E-state index contributed by atoms with van der Waals surface area (Å²) in [5.74, 6) is 1.87. The van der Waals surface area contributed by atoms with Gasteiger partial charge in [-0.15, -0.1) is 10.2 Å². The van der Waals surface area contributed by atoms with Crippen molar-refractivity contribution in [1.29, 1.82) is 0 Å². The van der Waals surface area contributed by atoms with Crippen LogP contribution in [0, 0.1) is 0 Å². The molecule has 0 atom stereocenters. The zero-order valence-electron chi connectivity index (χ0n) is 16.1. The highest BCUT2D eigenvalue weighted by molar-refractivity contribution is 6.36. The van der Waals surface area contributed by atoms with Crippen LogP contribution >= 0.6 is 23.2 Å². The van der Waals surface area contributed by atoms with E-state index in [4.69, 9.17) is 32.4 Å². The Morgan fingerprint density at radius 1 is 1.00 bits per heavy atom. The largest absolute Gasteiger partial charge is 0.497 e. The Labute approximate surface area is 180 Å². The fourth-order valence-corrected chi connectivity index (χ4v) is 3.95. The molecule has 2 aromatic carbocycles. The number of halogens is 2. The van der Waals surface area contributed by atoms with Gasteiger partial charge in [0.1, 0.15) is 5.75 Å². The van der Waals surface area contributed by atoms with Gasteiger partial charge in [-0.05, 0) is 48.9 Å². The molecule has 1 aromatic heterocycles. The first-order valence-corrected chi connectivity index (χ1v) is 10.3. The van der Waals surface area contributed by atoms with Crippen molar-refractivity contribution in [2.24, 2.45) is 0 Å². The second kappa shape index (κ2) is 9.03. The van der Waals surface area contributed by atoms with E-state index in [1.165, 1.54) is 5.69 Å². The third kappa shape index (κ3) is 4.83. The molecule has 1 aliphatic rings. The van der Waals surface area contributed by atoms with Gasteiger partial charge < -0.3 is 14.1 Å². The van der Waals surface area contributed by atoms with Crippen LogP contribution in [0.25, 0.3) is 11.5 Å². The van der Waals surface area contributed by atoms with Crippen LogP contribution in [0.15, 0.2) is 46.9 Å². The van der Waals surface area contributed by atoms with Crippen molar-refractivity contribution in [3.05, 3.63) is 58.4 Å². The Hall–Kier alpha value is -2.28. The molecule has 0 bridgehead atoms. The van der Waals surface area contributed by atoms with Gasteiger partial charge >= 0.3 is 0 Å². The van der Waals surface area contributed by atoms with Gasteiger partial charge in [-0.3, -0.25) is 4.90 Å². The van der Waals surface area contributed by atoms with Crippen LogP contribution in [0.1, 0.15) is 12.3 Å². The SMILES string of the molecule is COc1ccc(N2CCCN(Cc3nnc(-c4ccc(Cl)cc4Cl)o3)CC2)cc1. The molecule has 0 amide bonds. The fourth-order valence-electron chi connectivity index (χ4n) is 3.46. The smallest absolute Gasteiger partial charge is 0.249 e. The Bertz CT molecular complexity index is 962. The minimum atomic E-state index is 0.413. The predicted octanol–water partition coefficient (Wildman–Crippen LogP) is 4.76. The standard InChI is InChI=1S/C21H22Cl2N4O2/c1-28-17-6-4-16(5-7-17)27-10-2-9-26(11-12-27)14-20-24-25-21(29-20)18-8-3-15(22)13-19(18)23/h3-8,13H,2,9-12,14H2,1H3. The van der Waals surface area contributed by atoms with Gasteiger partial charge in [-0.1, -0.05) is 23.2 Å². The molecular weight excluding hydrogens is 411 g/mol. The van der Waals surface area contributed by atoms with E-state index in [1.54, 1.807) is 25.3 Å². The normalized spacial score (nSPS) is 15.3. The summed E-state index contributed by atoms with van der Waals surface area (Å²) in [5.41, 5.74) is 1.90. The number of hydrogen-bond donors (Lipinski definition) is 0. The van der Waals surface area contributed by atoms with Crippen molar-refractivity contribution >= 4 is 28.9 Å². The molecular formula is C21H22Cl2N4O2. The van der Waals surface area contributed by atoms with Gasteiger partial charge in [0, 0.05) is 36.9 Å². The molecule has 0 unspecified atom stereocenters. The molecule has 0 radical (unpaired) electrons. The molecule has 0 aliphatic carbocycles. The highest BCUT2D eigenvalue weighted by Crippen LogP contribution is 2.29. The lowest BCUT2D eigenvalue weighted by Gasteiger charge is -2.23. The van der Waals surface area contributed by atoms with Gasteiger partial charge in [0.05, 0.1) is 24.2 Å². The third-order valence-corrected chi connectivity index (χ3v) is 5.56. The Morgan fingerprint density at radius 2 is 1.83 bits per heavy atom. The molecule has 1 aliphatic heterocycles. The molecule has 8 heteroatoms. The van der Waals surface area contributed by atoms with Crippen LogP contribution < -0.4 is 9.64 Å². The minimum Gasteiger partial charge on any atom is -0.497 e. The van der Waals surface area contributed by atoms with Crippen molar-refractivity contribution in [2.45, 2.75) is 13.0 Å². The van der Waals surface area contributed by atoms with E-state index < -0.39 is 0 Å². The Kier molecular flexibility index (Phi) is 6.23. The van der Waals surface area contributed by atoms with Gasteiger partial charge in [0.15, 0.2) is 0 Å². The van der Waals surface area contributed by atoms with Crippen LogP contribution in [0.3, 0.4) is 0 Å². The van der Waals surface area contributed by atoms with Crippen molar-refractivity contribution in [1.82, 2.24) is 15.1 Å². The summed E-state index contributed by atoms with van der Waals surface area (Å²) in [4.78, 5) is 4.73. The maximum absolute atomic E-state index is 6.24. The molecule has 0 saturated carbocycles. The lowest BCUT2D eigenvalue weighted by molar-refractivity contribution is 0.256. The van der Waals surface area contributed by atoms with Gasteiger partial charge in [-0.25, -0.2) is 0 Å². The van der Waals surface area contributed by atoms with Gasteiger partial charge in [-0.2, -0.15) is 0 Å². The summed E-state index contributed by atoms with van der Waals surface area (Å²) in [5, 5.41) is 9.42. The maximum atomic E-state index is 6.24. The summed E-state index contributed by atoms with van der Waals surface area (Å²) in [6.07, 6.45) is 1.07. The number of benzene rings is 2. The van der Waals surface area contributed by atoms with Crippen molar-refractivity contribution < 1.29 is 9.15 Å². The minimum absolute atomic E-state index is 0.413. The van der Waals surface area contributed by atoms with Crippen LogP contribution in [0.2, 0.25) is 10.0 Å². The molecule has 0 spiro atoms. The van der Waals surface area contributed by atoms with Gasteiger partial charge in [0.2, 0.25) is 11.8 Å². The van der Waals surface area contributed by atoms with E-state index in [2.05, 4.69) is 32.1 Å². The van der Waals surface area contributed by atoms with Gasteiger partial charge in [0.25, 0.3) is 0 Å². The summed E-state index contributed by atoms with van der Waals surface area (Å²) >= 11 is 12.2. The van der Waals surface area contributed by atoms with Crippen molar-refractivity contribution in [3.63, 3.8) is 0 Å². The highest BCUT2D eigenvalue weighted by Gasteiger charge is 2.19. The van der Waals surface area contributed by atoms with E-state index in [0.29, 0.717) is 33.9 Å². The Balaban J connectivity index is 1.38. The number of ether oxygens (including phenoxy) is 1. The molecule has 152 valence electrons. The Morgan fingerprint density at radius 3 is 2.59 bits per heavy atom. The van der Waals surface area contributed by atoms with Crippen LogP contribution in [0.4, 0.5) is 5.69 Å². The topological polar surface area (TPSA) is 54.6 Å². The molecule has 3 aromatic rings. The number of methoxy groups -OCH3 is 1. The molecule has 29 heavy (non-hydrogen) atoms. The van der Waals surface area contributed by atoms with Crippen LogP contribution in [0.5, 0.6) is 5.75 Å². The number of hydrogen-bond acceptors (Lipinski definition) is 6. The molecule has 1 saturated heterocycles. The fraction of sp³-hybridized carbons (Fsp3) is 0.333. The van der Waals surface area contributed by atoms with E-state index in [9.17, 15) is 0 Å². The van der Waals surface area contributed by atoms with Crippen molar-refractivity contribution in [3.8, 4) is 17.2 Å². The van der Waals surface area contributed by atoms with E-state index in [1.807, 2.05) is 12.1 Å². The van der Waals surface area contributed by atoms with Crippen molar-refractivity contribution in [2.75, 3.05) is 38.2 Å². The average molecular weight is 433 g/mol. The number of anilines is 1. The van der Waals surface area contributed by atoms with E-state index in [-0.39, 0.29) is 0 Å². The lowest BCUT2D eigenvalue weighted by atomic mass is 10.2. The highest BCUT2D eigenvalue weighted by atomic mass is 35.5. The zero-order chi connectivity index (χ0) is 20.2. The van der Waals surface area contributed by atoms with Crippen LogP contribution in [-0.2, 0) is 6.54 Å². The first-order valence-electron chi connectivity index (χ1n) is 9.51. The molecule has 0 N–H and O–H groups in total. The van der Waals surface area contributed by atoms with E-state index in [0.717, 1.165) is 38.3 Å². The number of aromatic nitrogens is 2. The third-order valence-electron chi connectivity index (χ3n) is 5.01. The number of rotatable bonds is 5. The molecule has 6 nitrogen and oxygen atoms in total. The maximum Gasteiger partial charge on any atom is 0.249 e. The summed E-state index contributed by atoms with van der Waals surface area (Å²) in [6.45, 7) is 4.47. The monoisotopic (exact) mass is 432 g/mol. The lowest BCUT2D eigenvalue weighted by Crippen LogP contribution is -2.30. The average Bonchev–Trinajstić information content (AvgIpc) is 3.05. The quantitative estimate of drug-likeness (QED) is 0.578. The summed E-state index contributed by atoms with van der Waals surface area (Å²) in [6, 6.07) is 13.4. The van der Waals surface area contributed by atoms with E-state index >= 15 is 0 Å². The number of nitrogens with zero attached hydrogens (tertiary/aromatic N) is 4. The predicted molar refractivity (Wildman–Crippen MR) is 115 cm³/mol. The van der Waals surface area contributed by atoms with Crippen LogP contribution in [-0.4, -0.2) is 48.4 Å². The second-order valence-corrected chi connectivity index (χ2v) is 7.78. The molecule has 4 rings (SSSR count). The summed E-state index contributed by atoms with van der Waals surface area (Å²) in [7, 11) is 1.68. The molecule has 2 heterocycles. The molecule has 1 fully saturated rings. The second-order valence-electron chi connectivity index (χ2n) is 6.94.